The van der Waals surface area contributed by atoms with Crippen LogP contribution >= 0.6 is 12.4 Å². The first kappa shape index (κ1) is 16.5. The molecule has 1 aliphatic heterocycles. The number of nitrogens with one attached hydrogen (secondary N) is 2. The summed E-state index contributed by atoms with van der Waals surface area (Å²) < 4.78 is 10.6. The van der Waals surface area contributed by atoms with Crippen molar-refractivity contribution in [1.29, 1.82) is 0 Å². The van der Waals surface area contributed by atoms with Crippen molar-refractivity contribution in [3.05, 3.63) is 36.2 Å². The number of nitrogens with zero attached hydrogens (tertiary/aromatic N) is 1. The highest BCUT2D eigenvalue weighted by Gasteiger charge is 2.21. The molecule has 7 heteroatoms. The highest BCUT2D eigenvalue weighted by atomic mass is 35.5. The number of halogens is 1. The lowest BCUT2D eigenvalue weighted by atomic mass is 10.1. The van der Waals surface area contributed by atoms with E-state index in [0.717, 1.165) is 11.1 Å². The predicted octanol–water partition coefficient (Wildman–Crippen LogP) is 2.00. The molecular formula is C15H18ClN3O3. The molecule has 0 bridgehead atoms. The molecule has 1 saturated heterocycles. The molecule has 2 N–H and O–H groups in total. The first-order valence-electron chi connectivity index (χ1n) is 6.86. The SMILES string of the molecule is Cc1ccc(NC(=O)C2COCCN2)cc1-c1ncco1.Cl. The van der Waals surface area contributed by atoms with Crippen LogP contribution in [0.5, 0.6) is 0 Å². The predicted molar refractivity (Wildman–Crippen MR) is 85.2 cm³/mol. The Morgan fingerprint density at radius 1 is 1.45 bits per heavy atom. The average Bonchev–Trinajstić information content (AvgIpc) is 3.04. The minimum atomic E-state index is -0.315. The van der Waals surface area contributed by atoms with E-state index < -0.39 is 0 Å². The fourth-order valence-electron chi connectivity index (χ4n) is 2.25. The molecule has 1 fully saturated rings. The van der Waals surface area contributed by atoms with Crippen molar-refractivity contribution in [3.8, 4) is 11.5 Å². The molecule has 1 unspecified atom stereocenters. The zero-order chi connectivity index (χ0) is 14.7. The largest absolute Gasteiger partial charge is 0.445 e. The van der Waals surface area contributed by atoms with Crippen LogP contribution in [0.3, 0.4) is 0 Å². The van der Waals surface area contributed by atoms with Gasteiger partial charge in [0.05, 0.1) is 19.4 Å². The number of carbonyl (C=O) groups is 1. The molecular weight excluding hydrogens is 306 g/mol. The third-order valence-electron chi connectivity index (χ3n) is 3.41. The lowest BCUT2D eigenvalue weighted by Gasteiger charge is -2.23. The van der Waals surface area contributed by atoms with Crippen LogP contribution in [0, 0.1) is 6.92 Å². The number of benzene rings is 1. The molecule has 2 heterocycles. The molecule has 3 rings (SSSR count). The summed E-state index contributed by atoms with van der Waals surface area (Å²) >= 11 is 0. The molecule has 0 radical (unpaired) electrons. The zero-order valence-corrected chi connectivity index (χ0v) is 13.0. The normalized spacial score (nSPS) is 17.6. The first-order valence-corrected chi connectivity index (χ1v) is 6.86. The zero-order valence-electron chi connectivity index (χ0n) is 12.2. The third kappa shape index (κ3) is 3.65. The van der Waals surface area contributed by atoms with E-state index in [4.69, 9.17) is 9.15 Å². The molecule has 1 amide bonds. The Morgan fingerprint density at radius 3 is 3.00 bits per heavy atom. The van der Waals surface area contributed by atoms with Gasteiger partial charge in [-0.25, -0.2) is 4.98 Å². The van der Waals surface area contributed by atoms with Crippen LogP contribution < -0.4 is 10.6 Å². The molecule has 1 aromatic heterocycles. The van der Waals surface area contributed by atoms with Crippen LogP contribution in [0.15, 0.2) is 35.1 Å². The van der Waals surface area contributed by atoms with Gasteiger partial charge in [-0.05, 0) is 24.6 Å². The van der Waals surface area contributed by atoms with Crippen molar-refractivity contribution < 1.29 is 13.9 Å². The van der Waals surface area contributed by atoms with Crippen molar-refractivity contribution in [1.82, 2.24) is 10.3 Å². The maximum absolute atomic E-state index is 12.2. The summed E-state index contributed by atoms with van der Waals surface area (Å²) in [6.45, 7) is 3.70. The number of aryl methyl sites for hydroxylation is 1. The number of anilines is 1. The summed E-state index contributed by atoms with van der Waals surface area (Å²) in [7, 11) is 0. The second-order valence-electron chi connectivity index (χ2n) is 4.94. The smallest absolute Gasteiger partial charge is 0.243 e. The molecule has 1 aliphatic rings. The summed E-state index contributed by atoms with van der Waals surface area (Å²) in [5.41, 5.74) is 2.62. The number of hydrogen-bond acceptors (Lipinski definition) is 5. The second kappa shape index (κ2) is 7.40. The van der Waals surface area contributed by atoms with Gasteiger partial charge in [-0.15, -0.1) is 12.4 Å². The van der Waals surface area contributed by atoms with E-state index in [9.17, 15) is 4.79 Å². The molecule has 0 aliphatic carbocycles. The van der Waals surface area contributed by atoms with E-state index in [-0.39, 0.29) is 24.4 Å². The average molecular weight is 324 g/mol. The van der Waals surface area contributed by atoms with Crippen LogP contribution in [-0.4, -0.2) is 36.7 Å². The lowest BCUT2D eigenvalue weighted by Crippen LogP contribution is -2.48. The Labute approximate surface area is 134 Å². The van der Waals surface area contributed by atoms with Gasteiger partial charge in [0.2, 0.25) is 11.8 Å². The Balaban J connectivity index is 0.00000176. The number of rotatable bonds is 3. The number of amides is 1. The van der Waals surface area contributed by atoms with Crippen molar-refractivity contribution in [2.75, 3.05) is 25.1 Å². The summed E-state index contributed by atoms with van der Waals surface area (Å²) in [6, 6.07) is 5.34. The van der Waals surface area contributed by atoms with E-state index >= 15 is 0 Å². The van der Waals surface area contributed by atoms with E-state index in [1.165, 1.54) is 6.26 Å². The van der Waals surface area contributed by atoms with Crippen molar-refractivity contribution >= 4 is 24.0 Å². The van der Waals surface area contributed by atoms with Crippen LogP contribution in [0.1, 0.15) is 5.56 Å². The summed E-state index contributed by atoms with van der Waals surface area (Å²) in [5, 5.41) is 6.02. The van der Waals surface area contributed by atoms with E-state index in [1.807, 2.05) is 25.1 Å². The Kier molecular flexibility index (Phi) is 5.54. The Bertz CT molecular complexity index is 625. The number of ether oxygens (including phenoxy) is 1. The topological polar surface area (TPSA) is 76.4 Å². The van der Waals surface area contributed by atoms with Crippen molar-refractivity contribution in [2.45, 2.75) is 13.0 Å². The lowest BCUT2D eigenvalue weighted by molar-refractivity contribution is -0.120. The van der Waals surface area contributed by atoms with E-state index in [1.54, 1.807) is 6.20 Å². The maximum Gasteiger partial charge on any atom is 0.243 e. The number of carbonyl (C=O) groups excluding carboxylic acids is 1. The highest BCUT2D eigenvalue weighted by molar-refractivity contribution is 5.95. The van der Waals surface area contributed by atoms with Gasteiger partial charge in [-0.1, -0.05) is 6.07 Å². The second-order valence-corrected chi connectivity index (χ2v) is 4.94. The van der Waals surface area contributed by atoms with Crippen molar-refractivity contribution in [2.24, 2.45) is 0 Å². The maximum atomic E-state index is 12.2. The Hall–Kier alpha value is -1.89. The summed E-state index contributed by atoms with van der Waals surface area (Å²) in [5.74, 6) is 0.444. The Morgan fingerprint density at radius 2 is 2.32 bits per heavy atom. The number of aromatic nitrogens is 1. The van der Waals surface area contributed by atoms with Gasteiger partial charge in [0.1, 0.15) is 12.3 Å². The van der Waals surface area contributed by atoms with Gasteiger partial charge in [-0.3, -0.25) is 4.79 Å². The van der Waals surface area contributed by atoms with Crippen LogP contribution in [0.4, 0.5) is 5.69 Å². The summed E-state index contributed by atoms with van der Waals surface area (Å²) in [6.07, 6.45) is 3.13. The molecule has 1 atom stereocenters. The van der Waals surface area contributed by atoms with E-state index in [2.05, 4.69) is 15.6 Å². The van der Waals surface area contributed by atoms with Gasteiger partial charge >= 0.3 is 0 Å². The van der Waals surface area contributed by atoms with Crippen LogP contribution in [0.2, 0.25) is 0 Å². The quantitative estimate of drug-likeness (QED) is 0.903. The number of hydrogen-bond donors (Lipinski definition) is 2. The highest BCUT2D eigenvalue weighted by Crippen LogP contribution is 2.25. The number of oxazole rings is 1. The van der Waals surface area contributed by atoms with E-state index in [0.29, 0.717) is 31.3 Å². The molecule has 118 valence electrons. The van der Waals surface area contributed by atoms with Gasteiger partial charge in [0, 0.05) is 17.8 Å². The first-order chi connectivity index (χ1) is 10.2. The van der Waals surface area contributed by atoms with Crippen LogP contribution in [0.25, 0.3) is 11.5 Å². The molecule has 22 heavy (non-hydrogen) atoms. The van der Waals surface area contributed by atoms with Crippen LogP contribution in [-0.2, 0) is 9.53 Å². The van der Waals surface area contributed by atoms with Gasteiger partial charge in [0.15, 0.2) is 0 Å². The monoisotopic (exact) mass is 323 g/mol. The van der Waals surface area contributed by atoms with Gasteiger partial charge in [-0.2, -0.15) is 0 Å². The fourth-order valence-corrected chi connectivity index (χ4v) is 2.25. The molecule has 1 aromatic carbocycles. The van der Waals surface area contributed by atoms with Gasteiger partial charge < -0.3 is 19.8 Å². The minimum absolute atomic E-state index is 0. The third-order valence-corrected chi connectivity index (χ3v) is 3.41. The van der Waals surface area contributed by atoms with Crippen molar-refractivity contribution in [3.63, 3.8) is 0 Å². The number of morpholine rings is 1. The minimum Gasteiger partial charge on any atom is -0.445 e. The molecule has 0 spiro atoms. The molecule has 2 aromatic rings. The fraction of sp³-hybridized carbons (Fsp3) is 0.333. The van der Waals surface area contributed by atoms with Gasteiger partial charge in [0.25, 0.3) is 0 Å². The standard InChI is InChI=1S/C15H17N3O3.ClH/c1-10-2-3-11(8-12(10)15-17-5-7-21-15)18-14(19)13-9-20-6-4-16-13;/h2-3,5,7-8,13,16H,4,6,9H2,1H3,(H,18,19);1H. The summed E-state index contributed by atoms with van der Waals surface area (Å²) in [4.78, 5) is 16.3. The molecule has 6 nitrogen and oxygen atoms in total. The molecule has 0 saturated carbocycles.